The van der Waals surface area contributed by atoms with Crippen molar-refractivity contribution in [3.63, 3.8) is 0 Å². The van der Waals surface area contributed by atoms with Gasteiger partial charge < -0.3 is 15.6 Å². The number of amides is 1. The van der Waals surface area contributed by atoms with E-state index >= 15 is 0 Å². The summed E-state index contributed by atoms with van der Waals surface area (Å²) in [6, 6.07) is 8.34. The third-order valence-corrected chi connectivity index (χ3v) is 4.00. The Labute approximate surface area is 112 Å². The Morgan fingerprint density at radius 3 is 3.00 bits per heavy atom. The van der Waals surface area contributed by atoms with Crippen molar-refractivity contribution in [2.24, 2.45) is 5.73 Å². The fourth-order valence-corrected chi connectivity index (χ4v) is 2.91. The van der Waals surface area contributed by atoms with E-state index in [9.17, 15) is 4.79 Å². The van der Waals surface area contributed by atoms with Crippen LogP contribution in [0.1, 0.15) is 30.1 Å². The summed E-state index contributed by atoms with van der Waals surface area (Å²) in [6.07, 6.45) is 3.58. The lowest BCUT2D eigenvalue weighted by Crippen LogP contribution is -2.48. The fraction of sp³-hybridized carbons (Fsp3) is 0.400. The molecule has 0 bridgehead atoms. The number of hydrogen-bond donors (Lipinski definition) is 2. The molecule has 1 aromatic carbocycles. The number of rotatable bonds is 1. The van der Waals surface area contributed by atoms with Crippen LogP contribution in [0.4, 0.5) is 0 Å². The number of aromatic amines is 1. The first-order chi connectivity index (χ1) is 9.16. The van der Waals surface area contributed by atoms with Crippen LogP contribution in [0.15, 0.2) is 30.5 Å². The SMILES string of the molecule is CC1CC(N)CCN1C(=O)c1c[nH]c2ccccc12. The van der Waals surface area contributed by atoms with Crippen LogP contribution in [0.5, 0.6) is 0 Å². The molecule has 100 valence electrons. The van der Waals surface area contributed by atoms with Crippen molar-refractivity contribution in [2.75, 3.05) is 6.54 Å². The molecule has 1 aliphatic rings. The maximum Gasteiger partial charge on any atom is 0.256 e. The highest BCUT2D eigenvalue weighted by Crippen LogP contribution is 2.23. The van der Waals surface area contributed by atoms with Gasteiger partial charge in [0.05, 0.1) is 5.56 Å². The molecule has 1 amide bonds. The van der Waals surface area contributed by atoms with E-state index in [-0.39, 0.29) is 18.0 Å². The zero-order valence-corrected chi connectivity index (χ0v) is 11.1. The maximum absolute atomic E-state index is 12.7. The summed E-state index contributed by atoms with van der Waals surface area (Å²) < 4.78 is 0. The van der Waals surface area contributed by atoms with Gasteiger partial charge in [0.2, 0.25) is 0 Å². The number of piperidine rings is 1. The molecule has 4 heteroatoms. The van der Waals surface area contributed by atoms with E-state index in [1.807, 2.05) is 35.4 Å². The average Bonchev–Trinajstić information content (AvgIpc) is 2.82. The second kappa shape index (κ2) is 4.70. The van der Waals surface area contributed by atoms with Crippen molar-refractivity contribution in [1.82, 2.24) is 9.88 Å². The zero-order chi connectivity index (χ0) is 13.4. The van der Waals surface area contributed by atoms with Crippen molar-refractivity contribution in [2.45, 2.75) is 31.8 Å². The lowest BCUT2D eigenvalue weighted by molar-refractivity contribution is 0.0621. The average molecular weight is 257 g/mol. The van der Waals surface area contributed by atoms with Crippen LogP contribution < -0.4 is 5.73 Å². The van der Waals surface area contributed by atoms with Crippen molar-refractivity contribution >= 4 is 16.8 Å². The molecule has 1 aromatic heterocycles. The number of nitrogens with two attached hydrogens (primary N) is 1. The molecule has 2 heterocycles. The van der Waals surface area contributed by atoms with E-state index in [0.717, 1.165) is 35.9 Å². The summed E-state index contributed by atoms with van der Waals surface area (Å²) in [7, 11) is 0. The standard InChI is InChI=1S/C15H19N3O/c1-10-8-11(16)6-7-18(10)15(19)13-9-17-14-5-3-2-4-12(13)14/h2-5,9-11,17H,6-8,16H2,1H3. The smallest absolute Gasteiger partial charge is 0.256 e. The van der Waals surface area contributed by atoms with Gasteiger partial charge in [0.1, 0.15) is 0 Å². The Morgan fingerprint density at radius 2 is 2.21 bits per heavy atom. The number of aromatic nitrogens is 1. The first-order valence-corrected chi connectivity index (χ1v) is 6.79. The number of para-hydroxylation sites is 1. The van der Waals surface area contributed by atoms with E-state index in [1.165, 1.54) is 0 Å². The van der Waals surface area contributed by atoms with E-state index in [2.05, 4.69) is 11.9 Å². The first kappa shape index (κ1) is 12.2. The number of H-pyrrole nitrogens is 1. The van der Waals surface area contributed by atoms with Crippen LogP contribution in [0.3, 0.4) is 0 Å². The molecule has 1 aliphatic heterocycles. The Bertz CT molecular complexity index is 604. The molecule has 0 aliphatic carbocycles. The zero-order valence-electron chi connectivity index (χ0n) is 11.1. The number of likely N-dealkylation sites (tertiary alicyclic amines) is 1. The quantitative estimate of drug-likeness (QED) is 0.822. The van der Waals surface area contributed by atoms with E-state index in [1.54, 1.807) is 0 Å². The second-order valence-corrected chi connectivity index (χ2v) is 5.38. The molecule has 0 saturated carbocycles. The lowest BCUT2D eigenvalue weighted by atomic mass is 9.98. The van der Waals surface area contributed by atoms with Gasteiger partial charge >= 0.3 is 0 Å². The number of benzene rings is 1. The van der Waals surface area contributed by atoms with Crippen LogP contribution in [0.25, 0.3) is 10.9 Å². The number of nitrogens with one attached hydrogen (secondary N) is 1. The van der Waals surface area contributed by atoms with Crippen molar-refractivity contribution in [3.8, 4) is 0 Å². The molecule has 0 radical (unpaired) electrons. The van der Waals surface area contributed by atoms with Crippen LogP contribution in [0.2, 0.25) is 0 Å². The summed E-state index contributed by atoms with van der Waals surface area (Å²) >= 11 is 0. The van der Waals surface area contributed by atoms with Gasteiger partial charge in [0, 0.05) is 35.7 Å². The predicted molar refractivity (Wildman–Crippen MR) is 76.0 cm³/mol. The van der Waals surface area contributed by atoms with Crippen molar-refractivity contribution in [1.29, 1.82) is 0 Å². The molecule has 2 atom stereocenters. The molecule has 1 saturated heterocycles. The van der Waals surface area contributed by atoms with Gasteiger partial charge in [-0.3, -0.25) is 4.79 Å². The van der Waals surface area contributed by atoms with Gasteiger partial charge in [0.15, 0.2) is 0 Å². The third-order valence-electron chi connectivity index (χ3n) is 4.00. The summed E-state index contributed by atoms with van der Waals surface area (Å²) in [5.41, 5.74) is 7.72. The summed E-state index contributed by atoms with van der Waals surface area (Å²) in [4.78, 5) is 17.8. The summed E-state index contributed by atoms with van der Waals surface area (Å²) in [5, 5.41) is 0.995. The van der Waals surface area contributed by atoms with Gasteiger partial charge in [-0.1, -0.05) is 18.2 Å². The number of carbonyl (C=O) groups is 1. The molecule has 1 fully saturated rings. The minimum Gasteiger partial charge on any atom is -0.360 e. The number of carbonyl (C=O) groups excluding carboxylic acids is 1. The van der Waals surface area contributed by atoms with Gasteiger partial charge in [-0.15, -0.1) is 0 Å². The highest BCUT2D eigenvalue weighted by Gasteiger charge is 2.28. The van der Waals surface area contributed by atoms with Crippen molar-refractivity contribution in [3.05, 3.63) is 36.0 Å². The largest absolute Gasteiger partial charge is 0.360 e. The normalized spacial score (nSPS) is 23.8. The Balaban J connectivity index is 1.91. The highest BCUT2D eigenvalue weighted by atomic mass is 16.2. The van der Waals surface area contributed by atoms with Crippen LogP contribution >= 0.6 is 0 Å². The topological polar surface area (TPSA) is 62.1 Å². The van der Waals surface area contributed by atoms with Crippen LogP contribution in [-0.4, -0.2) is 34.4 Å². The van der Waals surface area contributed by atoms with Crippen LogP contribution in [0, 0.1) is 0 Å². The minimum absolute atomic E-state index is 0.108. The predicted octanol–water partition coefficient (Wildman–Crippen LogP) is 2.12. The fourth-order valence-electron chi connectivity index (χ4n) is 2.91. The van der Waals surface area contributed by atoms with E-state index in [4.69, 9.17) is 5.73 Å². The van der Waals surface area contributed by atoms with E-state index < -0.39 is 0 Å². The Morgan fingerprint density at radius 1 is 1.42 bits per heavy atom. The van der Waals surface area contributed by atoms with E-state index in [0.29, 0.717) is 0 Å². The van der Waals surface area contributed by atoms with Gasteiger partial charge in [0.25, 0.3) is 5.91 Å². The van der Waals surface area contributed by atoms with Crippen molar-refractivity contribution < 1.29 is 4.79 Å². The first-order valence-electron chi connectivity index (χ1n) is 6.79. The molecular formula is C15H19N3O. The van der Waals surface area contributed by atoms with Crippen LogP contribution in [-0.2, 0) is 0 Å². The highest BCUT2D eigenvalue weighted by molar-refractivity contribution is 6.06. The summed E-state index contributed by atoms with van der Waals surface area (Å²) in [6.45, 7) is 2.83. The number of hydrogen-bond acceptors (Lipinski definition) is 2. The molecule has 3 N–H and O–H groups in total. The molecule has 2 unspecified atom stereocenters. The Kier molecular flexibility index (Phi) is 3.03. The molecule has 3 rings (SSSR count). The third kappa shape index (κ3) is 2.12. The van der Waals surface area contributed by atoms with Gasteiger partial charge in [-0.05, 0) is 25.8 Å². The lowest BCUT2D eigenvalue weighted by Gasteiger charge is -2.36. The molecule has 19 heavy (non-hydrogen) atoms. The van der Waals surface area contributed by atoms with Gasteiger partial charge in [-0.2, -0.15) is 0 Å². The molecular weight excluding hydrogens is 238 g/mol. The Hall–Kier alpha value is -1.81. The molecule has 0 spiro atoms. The summed E-state index contributed by atoms with van der Waals surface area (Å²) in [5.74, 6) is 0.108. The maximum atomic E-state index is 12.7. The van der Waals surface area contributed by atoms with Gasteiger partial charge in [-0.25, -0.2) is 0 Å². The number of nitrogens with zero attached hydrogens (tertiary/aromatic N) is 1. The number of fused-ring (bicyclic) bond motifs is 1. The monoisotopic (exact) mass is 257 g/mol. The molecule has 2 aromatic rings. The second-order valence-electron chi connectivity index (χ2n) is 5.38. The minimum atomic E-state index is 0.108. The molecule has 4 nitrogen and oxygen atoms in total.